The van der Waals surface area contributed by atoms with E-state index in [0.29, 0.717) is 11.2 Å². The highest BCUT2D eigenvalue weighted by molar-refractivity contribution is 6.29. The number of nitrogens with zero attached hydrogens (tertiary/aromatic N) is 1. The number of anilines is 1. The third-order valence-electron chi connectivity index (χ3n) is 2.67. The van der Waals surface area contributed by atoms with E-state index in [9.17, 15) is 0 Å². The molecule has 1 heterocycles. The molecule has 0 saturated heterocycles. The predicted molar refractivity (Wildman–Crippen MR) is 59.7 cm³/mol. The molecule has 0 spiro atoms. The summed E-state index contributed by atoms with van der Waals surface area (Å²) < 4.78 is 0. The molecule has 1 aliphatic carbocycles. The van der Waals surface area contributed by atoms with Crippen molar-refractivity contribution in [1.29, 1.82) is 0 Å². The summed E-state index contributed by atoms with van der Waals surface area (Å²) in [4.78, 5) is 4.22. The molecule has 0 amide bonds. The molecule has 2 rings (SSSR count). The minimum absolute atomic E-state index is 0.561. The van der Waals surface area contributed by atoms with Crippen LogP contribution in [0, 0.1) is 0 Å². The van der Waals surface area contributed by atoms with Gasteiger partial charge in [-0.2, -0.15) is 0 Å². The van der Waals surface area contributed by atoms with Gasteiger partial charge >= 0.3 is 0 Å². The van der Waals surface area contributed by atoms with E-state index in [1.807, 2.05) is 12.1 Å². The standard InChI is InChI=1S/C11H15ClN2/c12-10-7-4-8-11(14-10)13-9-5-2-1-3-6-9/h4,7-9H,1-3,5-6H2,(H,13,14). The summed E-state index contributed by atoms with van der Waals surface area (Å²) in [5.41, 5.74) is 0. The van der Waals surface area contributed by atoms with Crippen molar-refractivity contribution in [2.45, 2.75) is 38.1 Å². The van der Waals surface area contributed by atoms with Crippen LogP contribution in [0.25, 0.3) is 0 Å². The van der Waals surface area contributed by atoms with E-state index >= 15 is 0 Å². The maximum absolute atomic E-state index is 5.81. The predicted octanol–water partition coefficient (Wildman–Crippen LogP) is 3.48. The fraction of sp³-hybridized carbons (Fsp3) is 0.545. The average Bonchev–Trinajstić information content (AvgIpc) is 2.19. The first-order valence-corrected chi connectivity index (χ1v) is 5.61. The fourth-order valence-electron chi connectivity index (χ4n) is 1.94. The van der Waals surface area contributed by atoms with E-state index in [2.05, 4.69) is 10.3 Å². The van der Waals surface area contributed by atoms with Crippen molar-refractivity contribution in [2.24, 2.45) is 0 Å². The monoisotopic (exact) mass is 210 g/mol. The van der Waals surface area contributed by atoms with Crippen LogP contribution in [0.1, 0.15) is 32.1 Å². The number of rotatable bonds is 2. The summed E-state index contributed by atoms with van der Waals surface area (Å²) in [6, 6.07) is 6.30. The van der Waals surface area contributed by atoms with Crippen LogP contribution < -0.4 is 5.32 Å². The zero-order valence-corrected chi connectivity index (χ0v) is 8.93. The van der Waals surface area contributed by atoms with Crippen molar-refractivity contribution in [3.63, 3.8) is 0 Å². The number of pyridine rings is 1. The van der Waals surface area contributed by atoms with Gasteiger partial charge in [-0.05, 0) is 25.0 Å². The number of halogens is 1. The Morgan fingerprint density at radius 1 is 1.21 bits per heavy atom. The van der Waals surface area contributed by atoms with E-state index in [0.717, 1.165) is 5.82 Å². The summed E-state index contributed by atoms with van der Waals surface area (Å²) in [7, 11) is 0. The second kappa shape index (κ2) is 4.65. The molecular formula is C11H15ClN2. The molecule has 0 bridgehead atoms. The first kappa shape index (κ1) is 9.78. The molecule has 1 aliphatic rings. The van der Waals surface area contributed by atoms with Gasteiger partial charge in [0.05, 0.1) is 0 Å². The Morgan fingerprint density at radius 3 is 2.71 bits per heavy atom. The lowest BCUT2D eigenvalue weighted by atomic mass is 9.95. The highest BCUT2D eigenvalue weighted by atomic mass is 35.5. The Labute approximate surface area is 89.7 Å². The molecule has 1 N–H and O–H groups in total. The van der Waals surface area contributed by atoms with E-state index < -0.39 is 0 Å². The summed E-state index contributed by atoms with van der Waals surface area (Å²) in [6.45, 7) is 0. The van der Waals surface area contributed by atoms with E-state index in [-0.39, 0.29) is 0 Å². The van der Waals surface area contributed by atoms with Crippen molar-refractivity contribution in [3.05, 3.63) is 23.4 Å². The van der Waals surface area contributed by atoms with Gasteiger partial charge in [0.2, 0.25) is 0 Å². The quantitative estimate of drug-likeness (QED) is 0.756. The van der Waals surface area contributed by atoms with Gasteiger partial charge in [-0.15, -0.1) is 0 Å². The van der Waals surface area contributed by atoms with Gasteiger partial charge in [-0.25, -0.2) is 4.98 Å². The first-order valence-electron chi connectivity index (χ1n) is 5.24. The van der Waals surface area contributed by atoms with Crippen LogP contribution in [0.4, 0.5) is 5.82 Å². The molecular weight excluding hydrogens is 196 g/mol. The number of nitrogens with one attached hydrogen (secondary N) is 1. The largest absolute Gasteiger partial charge is 0.367 e. The molecule has 1 saturated carbocycles. The summed E-state index contributed by atoms with van der Waals surface area (Å²) in [5, 5.41) is 3.99. The minimum Gasteiger partial charge on any atom is -0.367 e. The Balaban J connectivity index is 1.95. The highest BCUT2D eigenvalue weighted by Gasteiger charge is 2.13. The Morgan fingerprint density at radius 2 is 2.00 bits per heavy atom. The Hall–Kier alpha value is -0.760. The van der Waals surface area contributed by atoms with Crippen LogP contribution >= 0.6 is 11.6 Å². The molecule has 0 aromatic carbocycles. The lowest BCUT2D eigenvalue weighted by molar-refractivity contribution is 0.462. The zero-order chi connectivity index (χ0) is 9.80. The van der Waals surface area contributed by atoms with E-state index in [4.69, 9.17) is 11.6 Å². The maximum Gasteiger partial charge on any atom is 0.131 e. The van der Waals surface area contributed by atoms with Crippen molar-refractivity contribution in [3.8, 4) is 0 Å². The molecule has 0 radical (unpaired) electrons. The smallest absolute Gasteiger partial charge is 0.131 e. The van der Waals surface area contributed by atoms with E-state index in [1.54, 1.807) is 6.07 Å². The van der Waals surface area contributed by atoms with Crippen LogP contribution in [-0.4, -0.2) is 11.0 Å². The van der Waals surface area contributed by atoms with Crippen molar-refractivity contribution in [1.82, 2.24) is 4.98 Å². The normalized spacial score (nSPS) is 18.1. The fourth-order valence-corrected chi connectivity index (χ4v) is 2.11. The molecule has 1 aromatic heterocycles. The minimum atomic E-state index is 0.561. The van der Waals surface area contributed by atoms with Gasteiger partial charge in [0, 0.05) is 6.04 Å². The Kier molecular flexibility index (Phi) is 3.25. The lowest BCUT2D eigenvalue weighted by Crippen LogP contribution is -2.22. The van der Waals surface area contributed by atoms with Crippen molar-refractivity contribution >= 4 is 17.4 Å². The molecule has 76 valence electrons. The molecule has 0 atom stereocenters. The second-order valence-electron chi connectivity index (χ2n) is 3.82. The molecule has 2 nitrogen and oxygen atoms in total. The van der Waals surface area contributed by atoms with Gasteiger partial charge in [0.15, 0.2) is 0 Å². The third-order valence-corrected chi connectivity index (χ3v) is 2.88. The topological polar surface area (TPSA) is 24.9 Å². The lowest BCUT2D eigenvalue weighted by Gasteiger charge is -2.23. The average molecular weight is 211 g/mol. The van der Waals surface area contributed by atoms with Gasteiger partial charge < -0.3 is 5.32 Å². The van der Waals surface area contributed by atoms with E-state index in [1.165, 1.54) is 32.1 Å². The number of hydrogen-bond acceptors (Lipinski definition) is 2. The van der Waals surface area contributed by atoms with Gasteiger partial charge in [0.1, 0.15) is 11.0 Å². The molecule has 0 aliphatic heterocycles. The van der Waals surface area contributed by atoms with Gasteiger partial charge in [0.25, 0.3) is 0 Å². The summed E-state index contributed by atoms with van der Waals surface area (Å²) in [6.07, 6.45) is 6.56. The molecule has 14 heavy (non-hydrogen) atoms. The van der Waals surface area contributed by atoms with Gasteiger partial charge in [-0.1, -0.05) is 36.9 Å². The van der Waals surface area contributed by atoms with Crippen molar-refractivity contribution in [2.75, 3.05) is 5.32 Å². The summed E-state index contributed by atoms with van der Waals surface area (Å²) in [5.74, 6) is 0.907. The molecule has 1 aromatic rings. The first-order chi connectivity index (χ1) is 6.84. The Bertz CT molecular complexity index is 295. The molecule has 0 unspecified atom stereocenters. The highest BCUT2D eigenvalue weighted by Crippen LogP contribution is 2.21. The van der Waals surface area contributed by atoms with Crippen LogP contribution in [0.5, 0.6) is 0 Å². The maximum atomic E-state index is 5.81. The second-order valence-corrected chi connectivity index (χ2v) is 4.21. The van der Waals surface area contributed by atoms with Gasteiger partial charge in [-0.3, -0.25) is 0 Å². The zero-order valence-electron chi connectivity index (χ0n) is 8.17. The number of hydrogen-bond donors (Lipinski definition) is 1. The SMILES string of the molecule is Clc1cccc(NC2CCCCC2)n1. The summed E-state index contributed by atoms with van der Waals surface area (Å²) >= 11 is 5.81. The van der Waals surface area contributed by atoms with Crippen molar-refractivity contribution < 1.29 is 0 Å². The third kappa shape index (κ3) is 2.61. The van der Waals surface area contributed by atoms with Crippen LogP contribution in [-0.2, 0) is 0 Å². The molecule has 1 fully saturated rings. The van der Waals surface area contributed by atoms with Crippen LogP contribution in [0.2, 0.25) is 5.15 Å². The molecule has 3 heteroatoms. The van der Waals surface area contributed by atoms with Crippen LogP contribution in [0.15, 0.2) is 18.2 Å². The van der Waals surface area contributed by atoms with Crippen LogP contribution in [0.3, 0.4) is 0 Å². The number of aromatic nitrogens is 1.